The lowest BCUT2D eigenvalue weighted by Gasteiger charge is -2.37. The number of rotatable bonds is 2. The van der Waals surface area contributed by atoms with E-state index < -0.39 is 0 Å². The fourth-order valence-electron chi connectivity index (χ4n) is 2.94. The van der Waals surface area contributed by atoms with Gasteiger partial charge in [0, 0.05) is 51.4 Å². The van der Waals surface area contributed by atoms with E-state index in [0.29, 0.717) is 16.6 Å². The van der Waals surface area contributed by atoms with E-state index >= 15 is 0 Å². The summed E-state index contributed by atoms with van der Waals surface area (Å²) in [6.45, 7) is 1.63. The van der Waals surface area contributed by atoms with Crippen LogP contribution in [0.1, 0.15) is 12.8 Å². The van der Waals surface area contributed by atoms with Gasteiger partial charge in [-0.1, -0.05) is 11.6 Å². The van der Waals surface area contributed by atoms with Gasteiger partial charge in [-0.2, -0.15) is 4.98 Å². The number of aromatic nitrogens is 1. The lowest BCUT2D eigenvalue weighted by atomic mass is 10.0. The zero-order chi connectivity index (χ0) is 16.6. The Balaban J connectivity index is 1.67. The molecule has 2 aromatic rings. The molecule has 7 heteroatoms. The Morgan fingerprint density at radius 1 is 1.30 bits per heavy atom. The van der Waals surface area contributed by atoms with Crippen LogP contribution in [-0.4, -0.2) is 61.1 Å². The van der Waals surface area contributed by atoms with Gasteiger partial charge < -0.3 is 19.1 Å². The van der Waals surface area contributed by atoms with Crippen LogP contribution in [0, 0.1) is 0 Å². The van der Waals surface area contributed by atoms with E-state index in [2.05, 4.69) is 9.88 Å². The third kappa shape index (κ3) is 3.22. The third-order valence-corrected chi connectivity index (χ3v) is 4.54. The molecule has 0 N–H and O–H groups in total. The van der Waals surface area contributed by atoms with Crippen LogP contribution in [0.2, 0.25) is 5.02 Å². The molecule has 1 aromatic heterocycles. The SMILES string of the molecule is CN(C)C(=O)N(C)C1CCN(c2nc3ccc(Cl)cc3o2)CC1. The van der Waals surface area contributed by atoms with Gasteiger partial charge in [-0.3, -0.25) is 0 Å². The van der Waals surface area contributed by atoms with Crippen LogP contribution in [0.15, 0.2) is 22.6 Å². The number of nitrogens with zero attached hydrogens (tertiary/aromatic N) is 4. The number of amides is 2. The van der Waals surface area contributed by atoms with Crippen LogP contribution < -0.4 is 4.90 Å². The zero-order valence-corrected chi connectivity index (χ0v) is 14.4. The Bertz CT molecular complexity index is 707. The molecule has 0 atom stereocenters. The Kier molecular flexibility index (Phi) is 4.35. The van der Waals surface area contributed by atoms with Crippen LogP contribution in [0.3, 0.4) is 0 Å². The summed E-state index contributed by atoms with van der Waals surface area (Å²) in [5.41, 5.74) is 1.51. The highest BCUT2D eigenvalue weighted by Gasteiger charge is 2.28. The van der Waals surface area contributed by atoms with E-state index in [4.69, 9.17) is 16.0 Å². The minimum absolute atomic E-state index is 0.0416. The summed E-state index contributed by atoms with van der Waals surface area (Å²) in [5, 5.41) is 0.641. The number of halogens is 1. The number of hydrogen-bond donors (Lipinski definition) is 0. The van der Waals surface area contributed by atoms with Crippen LogP contribution in [0.4, 0.5) is 10.8 Å². The molecule has 0 unspecified atom stereocenters. The molecule has 1 saturated heterocycles. The molecule has 2 amide bonds. The fraction of sp³-hybridized carbons (Fsp3) is 0.500. The van der Waals surface area contributed by atoms with Gasteiger partial charge in [0.2, 0.25) is 0 Å². The molecule has 1 aliphatic rings. The van der Waals surface area contributed by atoms with Gasteiger partial charge in [0.1, 0.15) is 5.52 Å². The number of carbonyl (C=O) groups is 1. The highest BCUT2D eigenvalue weighted by Crippen LogP contribution is 2.27. The number of oxazole rings is 1. The van der Waals surface area contributed by atoms with Crippen LogP contribution >= 0.6 is 11.6 Å². The number of fused-ring (bicyclic) bond motifs is 1. The van der Waals surface area contributed by atoms with Crippen LogP contribution in [0.5, 0.6) is 0 Å². The molecule has 124 valence electrons. The minimum Gasteiger partial charge on any atom is -0.423 e. The van der Waals surface area contributed by atoms with E-state index in [1.54, 1.807) is 25.1 Å². The summed E-state index contributed by atoms with van der Waals surface area (Å²) in [5.74, 6) is 0. The number of anilines is 1. The van der Waals surface area contributed by atoms with Crippen molar-refractivity contribution in [3.05, 3.63) is 23.2 Å². The van der Waals surface area contributed by atoms with Crippen LogP contribution in [-0.2, 0) is 0 Å². The predicted molar refractivity (Wildman–Crippen MR) is 91.1 cm³/mol. The normalized spacial score (nSPS) is 15.9. The number of hydrogen-bond acceptors (Lipinski definition) is 4. The molecule has 1 aromatic carbocycles. The average Bonchev–Trinajstić information content (AvgIpc) is 2.96. The van der Waals surface area contributed by atoms with Crippen molar-refractivity contribution in [2.24, 2.45) is 0 Å². The van der Waals surface area contributed by atoms with Gasteiger partial charge >= 0.3 is 6.03 Å². The van der Waals surface area contributed by atoms with E-state index in [1.165, 1.54) is 0 Å². The Hall–Kier alpha value is -1.95. The molecular weight excluding hydrogens is 316 g/mol. The van der Waals surface area contributed by atoms with Crippen molar-refractivity contribution in [3.63, 3.8) is 0 Å². The van der Waals surface area contributed by atoms with Crippen molar-refractivity contribution in [2.45, 2.75) is 18.9 Å². The molecule has 6 nitrogen and oxygen atoms in total. The summed E-state index contributed by atoms with van der Waals surface area (Å²) in [6.07, 6.45) is 1.80. The fourth-order valence-corrected chi connectivity index (χ4v) is 3.10. The van der Waals surface area contributed by atoms with Crippen molar-refractivity contribution in [1.82, 2.24) is 14.8 Å². The van der Waals surface area contributed by atoms with Crippen molar-refractivity contribution < 1.29 is 9.21 Å². The van der Waals surface area contributed by atoms with Gasteiger partial charge in [-0.05, 0) is 25.0 Å². The van der Waals surface area contributed by atoms with Gasteiger partial charge in [0.25, 0.3) is 6.01 Å². The number of urea groups is 1. The molecule has 1 fully saturated rings. The Morgan fingerprint density at radius 2 is 2.00 bits per heavy atom. The number of carbonyl (C=O) groups excluding carboxylic acids is 1. The number of benzene rings is 1. The maximum Gasteiger partial charge on any atom is 0.319 e. The second-order valence-electron chi connectivity index (χ2n) is 6.11. The van der Waals surface area contributed by atoms with E-state index in [-0.39, 0.29) is 12.1 Å². The molecule has 1 aliphatic heterocycles. The molecule has 3 rings (SSSR count). The Labute approximate surface area is 140 Å². The maximum atomic E-state index is 12.0. The van der Waals surface area contributed by atoms with Crippen molar-refractivity contribution in [2.75, 3.05) is 39.1 Å². The van der Waals surface area contributed by atoms with Gasteiger partial charge in [0.05, 0.1) is 0 Å². The summed E-state index contributed by atoms with van der Waals surface area (Å²) in [4.78, 5) is 22.1. The van der Waals surface area contributed by atoms with Gasteiger partial charge in [-0.15, -0.1) is 0 Å². The monoisotopic (exact) mass is 336 g/mol. The molecule has 0 aliphatic carbocycles. The van der Waals surface area contributed by atoms with E-state index in [0.717, 1.165) is 31.4 Å². The van der Waals surface area contributed by atoms with E-state index in [9.17, 15) is 4.79 Å². The first-order valence-corrected chi connectivity index (χ1v) is 8.08. The first-order chi connectivity index (χ1) is 11.0. The second-order valence-corrected chi connectivity index (χ2v) is 6.55. The van der Waals surface area contributed by atoms with Crippen molar-refractivity contribution in [1.29, 1.82) is 0 Å². The lowest BCUT2D eigenvalue weighted by molar-refractivity contribution is 0.154. The molecule has 0 bridgehead atoms. The van der Waals surface area contributed by atoms with Crippen molar-refractivity contribution >= 4 is 34.7 Å². The summed E-state index contributed by atoms with van der Waals surface area (Å²) < 4.78 is 5.81. The minimum atomic E-state index is 0.0416. The third-order valence-electron chi connectivity index (χ3n) is 4.31. The zero-order valence-electron chi connectivity index (χ0n) is 13.6. The smallest absolute Gasteiger partial charge is 0.319 e. The Morgan fingerprint density at radius 3 is 2.65 bits per heavy atom. The first kappa shape index (κ1) is 15.9. The highest BCUT2D eigenvalue weighted by atomic mass is 35.5. The van der Waals surface area contributed by atoms with Gasteiger partial charge in [0.15, 0.2) is 5.58 Å². The quantitative estimate of drug-likeness (QED) is 0.845. The summed E-state index contributed by atoms with van der Waals surface area (Å²) in [6, 6.07) is 6.37. The maximum absolute atomic E-state index is 12.0. The molecule has 0 spiro atoms. The topological polar surface area (TPSA) is 52.8 Å². The van der Waals surface area contributed by atoms with Crippen molar-refractivity contribution in [3.8, 4) is 0 Å². The first-order valence-electron chi connectivity index (χ1n) is 7.71. The molecule has 0 radical (unpaired) electrons. The lowest BCUT2D eigenvalue weighted by Crippen LogP contribution is -2.48. The molecule has 23 heavy (non-hydrogen) atoms. The molecular formula is C16H21ClN4O2. The highest BCUT2D eigenvalue weighted by molar-refractivity contribution is 6.31. The second kappa shape index (κ2) is 6.28. The summed E-state index contributed by atoms with van der Waals surface area (Å²) >= 11 is 5.98. The standard InChI is InChI=1S/C16H21ClN4O2/c1-19(2)16(22)20(3)12-6-8-21(9-7-12)15-18-13-5-4-11(17)10-14(13)23-15/h4-5,10,12H,6-9H2,1-3H3. The molecule has 0 saturated carbocycles. The van der Waals surface area contributed by atoms with E-state index in [1.807, 2.05) is 24.1 Å². The van der Waals surface area contributed by atoms with Crippen LogP contribution in [0.25, 0.3) is 11.1 Å². The number of piperidine rings is 1. The molecule has 2 heterocycles. The largest absolute Gasteiger partial charge is 0.423 e. The predicted octanol–water partition coefficient (Wildman–Crippen LogP) is 3.06. The average molecular weight is 337 g/mol. The summed E-state index contributed by atoms with van der Waals surface area (Å²) in [7, 11) is 5.42. The van der Waals surface area contributed by atoms with Gasteiger partial charge in [-0.25, -0.2) is 4.79 Å².